The zero-order valence-corrected chi connectivity index (χ0v) is 19.1. The number of terminal acetylenes is 1. The fraction of sp³-hybridized carbons (Fsp3) is 0.231. The normalized spacial score (nSPS) is 14.1. The first-order valence-electron chi connectivity index (χ1n) is 10.5. The molecule has 0 aliphatic heterocycles. The van der Waals surface area contributed by atoms with E-state index in [1.54, 1.807) is 24.1 Å². The number of nitrogens with zero attached hydrogens (tertiary/aromatic N) is 1. The van der Waals surface area contributed by atoms with Gasteiger partial charge in [-0.15, -0.1) is 6.42 Å². The second-order valence-electron chi connectivity index (χ2n) is 7.65. The van der Waals surface area contributed by atoms with Crippen LogP contribution in [0.2, 0.25) is 0 Å². The van der Waals surface area contributed by atoms with Crippen LogP contribution in [0.15, 0.2) is 71.2 Å². The zero-order chi connectivity index (χ0) is 23.8. The summed E-state index contributed by atoms with van der Waals surface area (Å²) >= 11 is 1.60. The predicted molar refractivity (Wildman–Crippen MR) is 132 cm³/mol. The van der Waals surface area contributed by atoms with Crippen LogP contribution in [0.1, 0.15) is 46.9 Å². The van der Waals surface area contributed by atoms with Crippen molar-refractivity contribution < 1.29 is 19.8 Å². The number of carboxylic acid groups (broad SMARTS) is 1. The molecule has 0 aromatic heterocycles. The summed E-state index contributed by atoms with van der Waals surface area (Å²) in [7, 11) is 1.97. The van der Waals surface area contributed by atoms with Gasteiger partial charge >= 0.3 is 5.97 Å². The monoisotopic (exact) mass is 462 g/mol. The van der Waals surface area contributed by atoms with E-state index in [1.165, 1.54) is 12.1 Å². The van der Waals surface area contributed by atoms with Crippen LogP contribution in [-0.2, 0) is 4.79 Å². The van der Waals surface area contributed by atoms with Crippen LogP contribution in [0.25, 0.3) is 0 Å². The third kappa shape index (κ3) is 6.83. The van der Waals surface area contributed by atoms with Crippen molar-refractivity contribution in [2.24, 2.45) is 0 Å². The lowest BCUT2D eigenvalue weighted by Gasteiger charge is -2.21. The van der Waals surface area contributed by atoms with Crippen LogP contribution in [0, 0.1) is 12.3 Å². The van der Waals surface area contributed by atoms with E-state index < -0.39 is 12.1 Å². The molecule has 2 aromatic carbocycles. The predicted octanol–water partition coefficient (Wildman–Crippen LogP) is 4.61. The van der Waals surface area contributed by atoms with Gasteiger partial charge in [0.2, 0.25) is 0 Å². The van der Waals surface area contributed by atoms with Crippen LogP contribution >= 0.6 is 11.9 Å². The van der Waals surface area contributed by atoms with Gasteiger partial charge in [0.1, 0.15) is 0 Å². The average Bonchev–Trinajstić information content (AvgIpc) is 2.83. The van der Waals surface area contributed by atoms with Gasteiger partial charge in [0.25, 0.3) is 5.91 Å². The lowest BCUT2D eigenvalue weighted by molar-refractivity contribution is -0.113. The van der Waals surface area contributed by atoms with Crippen molar-refractivity contribution in [1.29, 1.82) is 0 Å². The highest BCUT2D eigenvalue weighted by molar-refractivity contribution is 8.00. The third-order valence-electron chi connectivity index (χ3n) is 5.24. The smallest absolute Gasteiger partial charge is 0.337 e. The number of amides is 1. The molecular formula is C26H26N2O4S. The Morgan fingerprint density at radius 1 is 1.18 bits per heavy atom. The van der Waals surface area contributed by atoms with Crippen LogP contribution < -0.4 is 5.32 Å². The fourth-order valence-electron chi connectivity index (χ4n) is 3.40. The first kappa shape index (κ1) is 24.3. The van der Waals surface area contributed by atoms with Crippen LogP contribution in [0.5, 0.6) is 0 Å². The largest absolute Gasteiger partial charge is 0.478 e. The Labute approximate surface area is 198 Å². The summed E-state index contributed by atoms with van der Waals surface area (Å²) in [5.74, 6) is 0.913. The Hall–Kier alpha value is -3.31. The maximum absolute atomic E-state index is 12.7. The molecule has 170 valence electrons. The highest BCUT2D eigenvalue weighted by Gasteiger charge is 2.18. The number of carboxylic acids is 1. The van der Waals surface area contributed by atoms with Crippen molar-refractivity contribution >= 4 is 29.5 Å². The molecule has 2 aromatic rings. The summed E-state index contributed by atoms with van der Waals surface area (Å²) in [6.07, 6.45) is 10.4. The van der Waals surface area contributed by atoms with E-state index in [0.717, 1.165) is 10.5 Å². The molecule has 1 aliphatic carbocycles. The van der Waals surface area contributed by atoms with Gasteiger partial charge in [-0.25, -0.2) is 9.10 Å². The number of allylic oxidation sites excluding steroid dienone is 3. The fourth-order valence-corrected chi connectivity index (χ4v) is 4.32. The summed E-state index contributed by atoms with van der Waals surface area (Å²) in [5.41, 5.74) is 2.10. The topological polar surface area (TPSA) is 89.9 Å². The van der Waals surface area contributed by atoms with E-state index in [1.807, 2.05) is 43.5 Å². The molecule has 3 rings (SSSR count). The van der Waals surface area contributed by atoms with Crippen molar-refractivity contribution in [3.8, 4) is 12.3 Å². The molecule has 0 spiro atoms. The van der Waals surface area contributed by atoms with Crippen molar-refractivity contribution in [2.45, 2.75) is 25.4 Å². The number of nitrogens with one attached hydrogen (secondary N) is 1. The molecule has 6 nitrogen and oxygen atoms in total. The summed E-state index contributed by atoms with van der Waals surface area (Å²) in [6, 6.07) is 14.1. The number of anilines is 1. The van der Waals surface area contributed by atoms with Crippen LogP contribution in [0.4, 0.5) is 5.69 Å². The van der Waals surface area contributed by atoms with Crippen molar-refractivity contribution in [2.75, 3.05) is 18.9 Å². The standard InChI is InChI=1S/C26H26N2O4S/c1-3-18-9-14-23(22(17-18)26(31)32)27-25(30)20-10-12-21(13-11-20)33-28(2)16-15-24(29)19-7-5-4-6-8-19/h1,4-10,12,14,17,24,29H,11,13,15-16H2,2H3,(H,27,30)(H,31,32). The zero-order valence-electron chi connectivity index (χ0n) is 18.3. The van der Waals surface area contributed by atoms with Gasteiger partial charge < -0.3 is 15.5 Å². The molecule has 0 saturated heterocycles. The first-order valence-corrected chi connectivity index (χ1v) is 11.3. The second-order valence-corrected chi connectivity index (χ2v) is 8.98. The number of hydrogen-bond acceptors (Lipinski definition) is 5. The average molecular weight is 463 g/mol. The van der Waals surface area contributed by atoms with Crippen LogP contribution in [0.3, 0.4) is 0 Å². The minimum absolute atomic E-state index is 0.0405. The van der Waals surface area contributed by atoms with E-state index in [2.05, 4.69) is 15.5 Å². The van der Waals surface area contributed by atoms with Gasteiger partial charge in [0.15, 0.2) is 0 Å². The minimum atomic E-state index is -1.15. The minimum Gasteiger partial charge on any atom is -0.478 e. The molecule has 0 bridgehead atoms. The molecule has 1 unspecified atom stereocenters. The summed E-state index contributed by atoms with van der Waals surface area (Å²) in [5, 5.41) is 22.4. The van der Waals surface area contributed by atoms with Crippen LogP contribution in [-0.4, -0.2) is 40.0 Å². The lowest BCUT2D eigenvalue weighted by atomic mass is 10.0. The maximum Gasteiger partial charge on any atom is 0.337 e. The van der Waals surface area contributed by atoms with Gasteiger partial charge in [-0.2, -0.15) is 0 Å². The molecule has 3 N–H and O–H groups in total. The van der Waals surface area contributed by atoms with Gasteiger partial charge in [0.05, 0.1) is 17.4 Å². The number of aliphatic hydroxyl groups excluding tert-OH is 1. The quantitative estimate of drug-likeness (QED) is 0.372. The SMILES string of the molecule is C#Cc1ccc(NC(=O)C2=CC=C(SN(C)CCC(O)c3ccccc3)CC2)c(C(=O)O)c1. The summed E-state index contributed by atoms with van der Waals surface area (Å²) in [6.45, 7) is 0.709. The van der Waals surface area contributed by atoms with Gasteiger partial charge in [0, 0.05) is 22.6 Å². The maximum atomic E-state index is 12.7. The van der Waals surface area contributed by atoms with Crippen molar-refractivity contribution in [3.05, 3.63) is 87.9 Å². The number of aromatic carboxylic acids is 1. The molecular weight excluding hydrogens is 436 g/mol. The van der Waals surface area contributed by atoms with Gasteiger partial charge in [-0.05, 0) is 62.0 Å². The van der Waals surface area contributed by atoms with E-state index in [9.17, 15) is 19.8 Å². The lowest BCUT2D eigenvalue weighted by Crippen LogP contribution is -2.18. The number of carbonyl (C=O) groups is 2. The van der Waals surface area contributed by atoms with Gasteiger partial charge in [-0.1, -0.05) is 48.4 Å². The molecule has 1 atom stereocenters. The first-order chi connectivity index (χ1) is 15.9. The summed E-state index contributed by atoms with van der Waals surface area (Å²) in [4.78, 5) is 25.3. The van der Waals surface area contributed by atoms with Crippen molar-refractivity contribution in [1.82, 2.24) is 4.31 Å². The Morgan fingerprint density at radius 3 is 2.58 bits per heavy atom. The number of aliphatic hydroxyl groups is 1. The highest BCUT2D eigenvalue weighted by Crippen LogP contribution is 2.31. The van der Waals surface area contributed by atoms with E-state index >= 15 is 0 Å². The Bertz CT molecular complexity index is 1120. The molecule has 1 amide bonds. The molecule has 0 saturated carbocycles. The number of carbonyl (C=O) groups excluding carboxylic acids is 1. The Kier molecular flexibility index (Phi) is 8.50. The molecule has 1 aliphatic rings. The van der Waals surface area contributed by atoms with Gasteiger partial charge in [-0.3, -0.25) is 4.79 Å². The number of hydrogen-bond donors (Lipinski definition) is 3. The number of rotatable bonds is 9. The molecule has 0 heterocycles. The van der Waals surface area contributed by atoms with E-state index in [-0.39, 0.29) is 17.2 Å². The highest BCUT2D eigenvalue weighted by atomic mass is 32.2. The summed E-state index contributed by atoms with van der Waals surface area (Å²) < 4.78 is 2.07. The van der Waals surface area contributed by atoms with E-state index in [0.29, 0.717) is 36.9 Å². The second kappa shape index (κ2) is 11.5. The Morgan fingerprint density at radius 2 is 1.94 bits per heavy atom. The molecule has 33 heavy (non-hydrogen) atoms. The molecule has 0 fully saturated rings. The number of benzene rings is 2. The molecule has 0 radical (unpaired) electrons. The van der Waals surface area contributed by atoms with Crippen molar-refractivity contribution in [3.63, 3.8) is 0 Å². The third-order valence-corrected chi connectivity index (χ3v) is 6.31. The van der Waals surface area contributed by atoms with E-state index in [4.69, 9.17) is 6.42 Å². The molecule has 7 heteroatoms. The Balaban J connectivity index is 1.55.